The van der Waals surface area contributed by atoms with Gasteiger partial charge in [0.2, 0.25) is 5.01 Å². The second-order valence-electron chi connectivity index (χ2n) is 6.65. The summed E-state index contributed by atoms with van der Waals surface area (Å²) in [4.78, 5) is 26.8. The van der Waals surface area contributed by atoms with E-state index in [9.17, 15) is 9.59 Å². The molecule has 30 heavy (non-hydrogen) atoms. The van der Waals surface area contributed by atoms with Crippen molar-refractivity contribution in [3.05, 3.63) is 75.7 Å². The second kappa shape index (κ2) is 8.80. The van der Waals surface area contributed by atoms with Gasteiger partial charge in [-0.1, -0.05) is 54.5 Å². The number of hydrogen-bond donors (Lipinski definition) is 2. The minimum Gasteiger partial charge on any atom is -0.476 e. The molecule has 4 rings (SSSR count). The van der Waals surface area contributed by atoms with Crippen LogP contribution in [0.3, 0.4) is 0 Å². The molecule has 1 amide bonds. The summed E-state index contributed by atoms with van der Waals surface area (Å²) in [6.07, 6.45) is -0.0788. The number of carboxylic acids is 1. The number of alkyl carbamates (subject to hydrolysis) is 1. The quantitative estimate of drug-likeness (QED) is 0.481. The van der Waals surface area contributed by atoms with Crippen LogP contribution in [0.5, 0.6) is 0 Å². The van der Waals surface area contributed by atoms with E-state index >= 15 is 0 Å². The summed E-state index contributed by atoms with van der Waals surface area (Å²) in [7, 11) is 0. The van der Waals surface area contributed by atoms with Gasteiger partial charge in [0, 0.05) is 24.3 Å². The number of fused-ring (bicyclic) bond motifs is 3. The van der Waals surface area contributed by atoms with E-state index in [4.69, 9.17) is 9.84 Å². The molecule has 0 spiro atoms. The zero-order valence-electron chi connectivity index (χ0n) is 15.9. The van der Waals surface area contributed by atoms with E-state index in [1.165, 1.54) is 22.3 Å². The first-order chi connectivity index (χ1) is 14.6. The maximum Gasteiger partial charge on any atom is 0.407 e. The molecule has 0 aliphatic heterocycles. The Morgan fingerprint density at radius 3 is 2.40 bits per heavy atom. The third-order valence-electron chi connectivity index (χ3n) is 4.77. The number of amides is 1. The molecule has 1 heterocycles. The molecule has 150 valence electrons. The number of nitrogens with zero attached hydrogens (tertiary/aromatic N) is 1. The zero-order valence-corrected chi connectivity index (χ0v) is 16.7. The van der Waals surface area contributed by atoms with Crippen molar-refractivity contribution in [2.24, 2.45) is 0 Å². The molecule has 3 aromatic rings. The van der Waals surface area contributed by atoms with Crippen molar-refractivity contribution in [1.29, 1.82) is 0 Å². The van der Waals surface area contributed by atoms with E-state index in [1.807, 2.05) is 24.3 Å². The topological polar surface area (TPSA) is 88.5 Å². The van der Waals surface area contributed by atoms with Gasteiger partial charge in [-0.2, -0.15) is 0 Å². The molecule has 1 aliphatic carbocycles. The van der Waals surface area contributed by atoms with Crippen LogP contribution >= 0.6 is 11.3 Å². The largest absolute Gasteiger partial charge is 0.476 e. The van der Waals surface area contributed by atoms with Crippen LogP contribution in [0, 0.1) is 11.8 Å². The highest BCUT2D eigenvalue weighted by Crippen LogP contribution is 2.44. The lowest BCUT2D eigenvalue weighted by atomic mass is 9.98. The summed E-state index contributed by atoms with van der Waals surface area (Å²) in [5.74, 6) is 4.61. The fourth-order valence-electron chi connectivity index (χ4n) is 3.46. The Balaban J connectivity index is 1.28. The molecule has 0 bridgehead atoms. The summed E-state index contributed by atoms with van der Waals surface area (Å²) < 4.78 is 5.46. The highest BCUT2D eigenvalue weighted by atomic mass is 32.1. The van der Waals surface area contributed by atoms with E-state index in [1.54, 1.807) is 5.38 Å². The SMILES string of the molecule is O=C(NCCC#Cc1csc(C(=O)O)n1)OCC1c2ccccc2-c2ccccc21. The minimum absolute atomic E-state index is 0.0102. The predicted octanol–water partition coefficient (Wildman–Crippen LogP) is 4.12. The Labute approximate surface area is 177 Å². The van der Waals surface area contributed by atoms with Gasteiger partial charge < -0.3 is 15.2 Å². The molecule has 1 aromatic heterocycles. The smallest absolute Gasteiger partial charge is 0.407 e. The summed E-state index contributed by atoms with van der Waals surface area (Å²) in [6, 6.07) is 16.4. The molecule has 6 nitrogen and oxygen atoms in total. The number of rotatable bonds is 5. The fourth-order valence-corrected chi connectivity index (χ4v) is 4.05. The van der Waals surface area contributed by atoms with Gasteiger partial charge >= 0.3 is 12.1 Å². The van der Waals surface area contributed by atoms with Crippen LogP contribution in [0.15, 0.2) is 53.9 Å². The van der Waals surface area contributed by atoms with Crippen LogP contribution in [0.1, 0.15) is 39.0 Å². The molecule has 0 fully saturated rings. The van der Waals surface area contributed by atoms with Crippen molar-refractivity contribution in [3.63, 3.8) is 0 Å². The van der Waals surface area contributed by atoms with Crippen LogP contribution in [0.25, 0.3) is 11.1 Å². The molecule has 2 aromatic carbocycles. The number of carboxylic acid groups (broad SMARTS) is 1. The minimum atomic E-state index is -1.06. The van der Waals surface area contributed by atoms with E-state index < -0.39 is 12.1 Å². The second-order valence-corrected chi connectivity index (χ2v) is 7.51. The number of ether oxygens (including phenoxy) is 1. The Morgan fingerprint density at radius 2 is 1.77 bits per heavy atom. The monoisotopic (exact) mass is 418 g/mol. The van der Waals surface area contributed by atoms with E-state index in [2.05, 4.69) is 46.4 Å². The lowest BCUT2D eigenvalue weighted by molar-refractivity contribution is 0.0696. The van der Waals surface area contributed by atoms with Crippen molar-refractivity contribution >= 4 is 23.4 Å². The van der Waals surface area contributed by atoms with Crippen molar-refractivity contribution in [1.82, 2.24) is 10.3 Å². The van der Waals surface area contributed by atoms with Crippen molar-refractivity contribution in [2.45, 2.75) is 12.3 Å². The van der Waals surface area contributed by atoms with Gasteiger partial charge in [0.1, 0.15) is 12.3 Å². The van der Waals surface area contributed by atoms with E-state index in [-0.39, 0.29) is 17.5 Å². The van der Waals surface area contributed by atoms with Gasteiger partial charge in [0.05, 0.1) is 0 Å². The summed E-state index contributed by atoms with van der Waals surface area (Å²) >= 11 is 1.03. The first-order valence-electron chi connectivity index (χ1n) is 9.40. The lowest BCUT2D eigenvalue weighted by Gasteiger charge is -2.14. The maximum absolute atomic E-state index is 12.1. The molecule has 0 atom stereocenters. The number of aromatic nitrogens is 1. The van der Waals surface area contributed by atoms with Crippen LogP contribution in [-0.2, 0) is 4.74 Å². The molecule has 2 N–H and O–H groups in total. The zero-order chi connectivity index (χ0) is 20.9. The summed E-state index contributed by atoms with van der Waals surface area (Å²) in [6.45, 7) is 0.599. The van der Waals surface area contributed by atoms with Gasteiger partial charge in [0.15, 0.2) is 0 Å². The van der Waals surface area contributed by atoms with Crippen LogP contribution in [-0.4, -0.2) is 35.3 Å². The molecule has 0 radical (unpaired) electrons. The van der Waals surface area contributed by atoms with E-state index in [0.717, 1.165) is 11.3 Å². The van der Waals surface area contributed by atoms with E-state index in [0.29, 0.717) is 18.7 Å². The Hall–Kier alpha value is -3.63. The van der Waals surface area contributed by atoms with Crippen LogP contribution in [0.4, 0.5) is 4.79 Å². The first kappa shape index (κ1) is 19.7. The van der Waals surface area contributed by atoms with Gasteiger partial charge in [-0.25, -0.2) is 14.6 Å². The normalized spacial score (nSPS) is 11.7. The van der Waals surface area contributed by atoms with Gasteiger partial charge in [0.25, 0.3) is 0 Å². The predicted molar refractivity (Wildman–Crippen MR) is 114 cm³/mol. The number of nitrogens with one attached hydrogen (secondary N) is 1. The summed E-state index contributed by atoms with van der Waals surface area (Å²) in [5.41, 5.74) is 5.12. The maximum atomic E-state index is 12.1. The average molecular weight is 418 g/mol. The number of aromatic carboxylic acids is 1. The molecular formula is C23H18N2O4S. The number of benzene rings is 2. The number of carbonyl (C=O) groups excluding carboxylic acids is 1. The molecule has 1 aliphatic rings. The molecule has 0 saturated carbocycles. The van der Waals surface area contributed by atoms with Crippen molar-refractivity contribution in [2.75, 3.05) is 13.2 Å². The van der Waals surface area contributed by atoms with Crippen molar-refractivity contribution in [3.8, 4) is 23.0 Å². The number of carbonyl (C=O) groups is 2. The Morgan fingerprint density at radius 1 is 1.10 bits per heavy atom. The first-order valence-corrected chi connectivity index (χ1v) is 10.3. The summed E-state index contributed by atoms with van der Waals surface area (Å²) in [5, 5.41) is 13.1. The average Bonchev–Trinajstić information content (AvgIpc) is 3.35. The molecule has 0 unspecified atom stereocenters. The molecule has 7 heteroatoms. The lowest BCUT2D eigenvalue weighted by Crippen LogP contribution is -2.26. The number of thiazole rings is 1. The molecular weight excluding hydrogens is 400 g/mol. The Kier molecular flexibility index (Phi) is 5.77. The number of hydrogen-bond acceptors (Lipinski definition) is 5. The third-order valence-corrected chi connectivity index (χ3v) is 5.60. The standard InChI is InChI=1S/C23H18N2O4S/c26-22(27)21-25-15(14-30-21)7-5-6-12-24-23(28)29-13-20-18-10-3-1-8-16(18)17-9-2-4-11-19(17)20/h1-4,8-11,14,20H,6,12-13H2,(H,24,28)(H,26,27). The van der Waals surface area contributed by atoms with Gasteiger partial charge in [-0.15, -0.1) is 11.3 Å². The Bertz CT molecular complexity index is 1110. The van der Waals surface area contributed by atoms with Crippen LogP contribution in [0.2, 0.25) is 0 Å². The highest BCUT2D eigenvalue weighted by molar-refractivity contribution is 7.11. The van der Waals surface area contributed by atoms with Crippen LogP contribution < -0.4 is 5.32 Å². The van der Waals surface area contributed by atoms with Gasteiger partial charge in [-0.3, -0.25) is 0 Å². The fraction of sp³-hybridized carbons (Fsp3) is 0.174. The highest BCUT2D eigenvalue weighted by Gasteiger charge is 2.28. The van der Waals surface area contributed by atoms with Crippen molar-refractivity contribution < 1.29 is 19.4 Å². The third kappa shape index (κ3) is 4.19. The molecule has 0 saturated heterocycles. The van der Waals surface area contributed by atoms with Gasteiger partial charge in [-0.05, 0) is 28.2 Å².